The Morgan fingerprint density at radius 2 is 1.68 bits per heavy atom. The van der Waals surface area contributed by atoms with Crippen LogP contribution in [0.3, 0.4) is 0 Å². The lowest BCUT2D eigenvalue weighted by Crippen LogP contribution is -2.45. The normalized spacial score (nSPS) is 20.1. The standard InChI is InChI=1S/C18H17N5O2/c1-13-11-18(25,14-7-3-2-4-8-14)23(19-13)17(24)12-22-20-15-9-5-6-10-16(15)21-22/h2-10,25H,11-12H2,1H3/t18-/m0/s1. The number of aliphatic hydroxyl groups is 1. The molecule has 2 heterocycles. The summed E-state index contributed by atoms with van der Waals surface area (Å²) in [4.78, 5) is 14.1. The lowest BCUT2D eigenvalue weighted by molar-refractivity contribution is -0.158. The quantitative estimate of drug-likeness (QED) is 0.792. The van der Waals surface area contributed by atoms with E-state index in [1.54, 1.807) is 19.1 Å². The molecule has 1 atom stereocenters. The molecular formula is C18H17N5O2. The van der Waals surface area contributed by atoms with Gasteiger partial charge in [0.1, 0.15) is 17.6 Å². The fourth-order valence-corrected chi connectivity index (χ4v) is 3.07. The smallest absolute Gasteiger partial charge is 0.269 e. The summed E-state index contributed by atoms with van der Waals surface area (Å²) in [5.41, 5.74) is 1.28. The summed E-state index contributed by atoms with van der Waals surface area (Å²) in [5, 5.41) is 25.1. The summed E-state index contributed by atoms with van der Waals surface area (Å²) in [7, 11) is 0. The molecule has 7 heteroatoms. The van der Waals surface area contributed by atoms with Crippen LogP contribution in [-0.4, -0.2) is 36.7 Å². The summed E-state index contributed by atoms with van der Waals surface area (Å²) in [6.45, 7) is 1.70. The van der Waals surface area contributed by atoms with Crippen LogP contribution in [0.2, 0.25) is 0 Å². The molecule has 2 aromatic carbocycles. The predicted molar refractivity (Wildman–Crippen MR) is 92.4 cm³/mol. The van der Waals surface area contributed by atoms with Gasteiger partial charge in [-0.1, -0.05) is 42.5 Å². The third-order valence-electron chi connectivity index (χ3n) is 4.20. The van der Waals surface area contributed by atoms with Gasteiger partial charge >= 0.3 is 0 Å². The lowest BCUT2D eigenvalue weighted by atomic mass is 9.98. The number of carbonyl (C=O) groups is 1. The summed E-state index contributed by atoms with van der Waals surface area (Å²) in [5.74, 6) is -0.372. The Hall–Kier alpha value is -3.06. The molecule has 0 unspecified atom stereocenters. The minimum absolute atomic E-state index is 0.0966. The summed E-state index contributed by atoms with van der Waals surface area (Å²) < 4.78 is 0. The number of hydrogen-bond donors (Lipinski definition) is 1. The van der Waals surface area contributed by atoms with Crippen LogP contribution in [0, 0.1) is 0 Å². The van der Waals surface area contributed by atoms with E-state index in [0.29, 0.717) is 11.3 Å². The molecule has 0 saturated carbocycles. The molecule has 0 saturated heterocycles. The van der Waals surface area contributed by atoms with Crippen molar-refractivity contribution in [1.82, 2.24) is 20.0 Å². The molecular weight excluding hydrogens is 318 g/mol. The number of nitrogens with zero attached hydrogens (tertiary/aromatic N) is 5. The van der Waals surface area contributed by atoms with Crippen LogP contribution in [-0.2, 0) is 17.1 Å². The molecule has 0 aliphatic carbocycles. The molecule has 7 nitrogen and oxygen atoms in total. The maximum absolute atomic E-state index is 12.8. The zero-order chi connectivity index (χ0) is 17.4. The average molecular weight is 335 g/mol. The Labute approximate surface area is 144 Å². The van der Waals surface area contributed by atoms with Crippen LogP contribution in [0.1, 0.15) is 18.9 Å². The fourth-order valence-electron chi connectivity index (χ4n) is 3.07. The van der Waals surface area contributed by atoms with Crippen molar-refractivity contribution in [1.29, 1.82) is 0 Å². The summed E-state index contributed by atoms with van der Waals surface area (Å²) in [6.07, 6.45) is 0.275. The van der Waals surface area contributed by atoms with E-state index in [9.17, 15) is 9.90 Å². The van der Waals surface area contributed by atoms with Gasteiger partial charge in [-0.15, -0.1) is 0 Å². The van der Waals surface area contributed by atoms with Gasteiger partial charge in [0, 0.05) is 17.7 Å². The molecule has 1 aliphatic heterocycles. The highest BCUT2D eigenvalue weighted by Crippen LogP contribution is 2.35. The Bertz CT molecular complexity index is 933. The molecule has 1 aromatic heterocycles. The number of rotatable bonds is 3. The Morgan fingerprint density at radius 3 is 2.32 bits per heavy atom. The Balaban J connectivity index is 1.63. The molecule has 1 aliphatic rings. The van der Waals surface area contributed by atoms with E-state index in [1.807, 2.05) is 42.5 Å². The molecule has 4 rings (SSSR count). The largest absolute Gasteiger partial charge is 0.365 e. The second-order valence-corrected chi connectivity index (χ2v) is 6.12. The first kappa shape index (κ1) is 15.5. The van der Waals surface area contributed by atoms with Gasteiger partial charge in [-0.05, 0) is 19.1 Å². The van der Waals surface area contributed by atoms with Crippen LogP contribution < -0.4 is 0 Å². The van der Waals surface area contributed by atoms with Crippen molar-refractivity contribution in [2.45, 2.75) is 25.6 Å². The van der Waals surface area contributed by atoms with E-state index in [4.69, 9.17) is 0 Å². The van der Waals surface area contributed by atoms with Crippen molar-refractivity contribution >= 4 is 22.7 Å². The van der Waals surface area contributed by atoms with E-state index in [2.05, 4.69) is 15.3 Å². The van der Waals surface area contributed by atoms with E-state index >= 15 is 0 Å². The maximum atomic E-state index is 12.8. The number of carbonyl (C=O) groups excluding carboxylic acids is 1. The molecule has 0 spiro atoms. The second-order valence-electron chi connectivity index (χ2n) is 6.12. The van der Waals surface area contributed by atoms with Crippen molar-refractivity contribution < 1.29 is 9.90 Å². The third-order valence-corrected chi connectivity index (χ3v) is 4.20. The van der Waals surface area contributed by atoms with Gasteiger partial charge in [-0.2, -0.15) is 25.1 Å². The Kier molecular flexibility index (Phi) is 3.58. The topological polar surface area (TPSA) is 83.6 Å². The van der Waals surface area contributed by atoms with Crippen LogP contribution in [0.25, 0.3) is 11.0 Å². The highest BCUT2D eigenvalue weighted by atomic mass is 16.3. The average Bonchev–Trinajstić information content (AvgIpc) is 3.16. The SMILES string of the molecule is CC1=NN(C(=O)Cn2nc3ccccc3n2)[C@@](O)(c2ccccc2)C1. The molecule has 3 aromatic rings. The molecule has 1 N–H and O–H groups in total. The van der Waals surface area contributed by atoms with Crippen molar-refractivity contribution in [3.05, 3.63) is 60.2 Å². The van der Waals surface area contributed by atoms with Crippen LogP contribution >= 0.6 is 0 Å². The highest BCUT2D eigenvalue weighted by molar-refractivity contribution is 5.89. The number of benzene rings is 2. The number of hydrazone groups is 1. The predicted octanol–water partition coefficient (Wildman–Crippen LogP) is 1.88. The lowest BCUT2D eigenvalue weighted by Gasteiger charge is -2.31. The minimum atomic E-state index is -1.48. The first-order chi connectivity index (χ1) is 12.1. The van der Waals surface area contributed by atoms with Gasteiger partial charge in [-0.25, -0.2) is 0 Å². The number of aromatic nitrogens is 3. The zero-order valence-electron chi connectivity index (χ0n) is 13.7. The van der Waals surface area contributed by atoms with E-state index < -0.39 is 5.72 Å². The summed E-state index contributed by atoms with van der Waals surface area (Å²) in [6, 6.07) is 16.5. The minimum Gasteiger partial charge on any atom is -0.365 e. The van der Waals surface area contributed by atoms with Gasteiger partial charge in [0.25, 0.3) is 5.91 Å². The molecule has 1 amide bonds. The summed E-state index contributed by atoms with van der Waals surface area (Å²) >= 11 is 0. The van der Waals surface area contributed by atoms with Gasteiger partial charge in [0.05, 0.1) is 0 Å². The van der Waals surface area contributed by atoms with Crippen LogP contribution in [0.4, 0.5) is 0 Å². The van der Waals surface area contributed by atoms with Gasteiger partial charge in [-0.3, -0.25) is 4.79 Å². The van der Waals surface area contributed by atoms with E-state index in [-0.39, 0.29) is 18.9 Å². The molecule has 25 heavy (non-hydrogen) atoms. The number of amides is 1. The van der Waals surface area contributed by atoms with Gasteiger partial charge in [0.15, 0.2) is 5.72 Å². The number of hydrogen-bond acceptors (Lipinski definition) is 5. The Morgan fingerprint density at radius 1 is 1.08 bits per heavy atom. The van der Waals surface area contributed by atoms with E-state index in [0.717, 1.165) is 16.0 Å². The second kappa shape index (κ2) is 5.78. The van der Waals surface area contributed by atoms with E-state index in [1.165, 1.54) is 4.80 Å². The van der Waals surface area contributed by atoms with Gasteiger partial charge in [0.2, 0.25) is 0 Å². The van der Waals surface area contributed by atoms with Crippen LogP contribution in [0.15, 0.2) is 59.7 Å². The maximum Gasteiger partial charge on any atom is 0.269 e. The molecule has 126 valence electrons. The monoisotopic (exact) mass is 335 g/mol. The van der Waals surface area contributed by atoms with Crippen molar-refractivity contribution in [2.75, 3.05) is 0 Å². The molecule has 0 radical (unpaired) electrons. The van der Waals surface area contributed by atoms with Crippen molar-refractivity contribution in [2.24, 2.45) is 5.10 Å². The molecule has 0 bridgehead atoms. The zero-order valence-corrected chi connectivity index (χ0v) is 13.7. The number of fused-ring (bicyclic) bond motifs is 1. The highest BCUT2D eigenvalue weighted by Gasteiger charge is 2.44. The first-order valence-electron chi connectivity index (χ1n) is 8.01. The van der Waals surface area contributed by atoms with Gasteiger partial charge < -0.3 is 5.11 Å². The van der Waals surface area contributed by atoms with Crippen molar-refractivity contribution in [3.63, 3.8) is 0 Å². The first-order valence-corrected chi connectivity index (χ1v) is 8.01. The third kappa shape index (κ3) is 2.68. The van der Waals surface area contributed by atoms with Crippen molar-refractivity contribution in [3.8, 4) is 0 Å². The van der Waals surface area contributed by atoms with Crippen LogP contribution in [0.5, 0.6) is 0 Å². The fraction of sp³-hybridized carbons (Fsp3) is 0.222. The molecule has 0 fully saturated rings.